The van der Waals surface area contributed by atoms with E-state index in [0.29, 0.717) is 6.54 Å². The predicted molar refractivity (Wildman–Crippen MR) is 96.3 cm³/mol. The molecule has 4 rings (SSSR count). The lowest BCUT2D eigenvalue weighted by Crippen LogP contribution is -2.34. The molecule has 0 N–H and O–H groups in total. The largest absolute Gasteiger partial charge is 0.334 e. The standard InChI is InChI=1S/C21H18N2O/c24-21(23-14-13-16-5-1-2-7-18(16)15-23)12-11-19-10-9-17-6-3-4-8-20(17)22-19/h1-12H,13-15H2/b12-11-. The summed E-state index contributed by atoms with van der Waals surface area (Å²) >= 11 is 0. The molecule has 3 nitrogen and oxygen atoms in total. The Kier molecular flexibility index (Phi) is 3.83. The molecular formula is C21H18N2O. The predicted octanol–water partition coefficient (Wildman–Crippen LogP) is 3.83. The van der Waals surface area contributed by atoms with Crippen molar-refractivity contribution in [3.05, 3.63) is 83.6 Å². The summed E-state index contributed by atoms with van der Waals surface area (Å²) in [7, 11) is 0. The summed E-state index contributed by atoms with van der Waals surface area (Å²) in [6, 6.07) is 20.3. The maximum absolute atomic E-state index is 12.5. The van der Waals surface area contributed by atoms with Crippen molar-refractivity contribution >= 4 is 22.9 Å². The van der Waals surface area contributed by atoms with E-state index in [1.165, 1.54) is 11.1 Å². The minimum absolute atomic E-state index is 0.0412. The summed E-state index contributed by atoms with van der Waals surface area (Å²) in [6.07, 6.45) is 4.35. The molecule has 118 valence electrons. The molecule has 1 aromatic heterocycles. The zero-order chi connectivity index (χ0) is 16.4. The summed E-state index contributed by atoms with van der Waals surface area (Å²) in [6.45, 7) is 1.45. The number of hydrogen-bond donors (Lipinski definition) is 0. The van der Waals surface area contributed by atoms with Crippen molar-refractivity contribution in [3.8, 4) is 0 Å². The highest BCUT2D eigenvalue weighted by Crippen LogP contribution is 2.19. The number of rotatable bonds is 2. The van der Waals surface area contributed by atoms with Gasteiger partial charge in [-0.15, -0.1) is 0 Å². The van der Waals surface area contributed by atoms with Crippen molar-refractivity contribution in [1.29, 1.82) is 0 Å². The maximum Gasteiger partial charge on any atom is 0.246 e. The monoisotopic (exact) mass is 314 g/mol. The molecule has 1 aliphatic rings. The van der Waals surface area contributed by atoms with Gasteiger partial charge in [0.1, 0.15) is 0 Å². The van der Waals surface area contributed by atoms with Gasteiger partial charge in [0.15, 0.2) is 0 Å². The first-order valence-corrected chi connectivity index (χ1v) is 8.19. The second-order valence-electron chi connectivity index (χ2n) is 6.04. The van der Waals surface area contributed by atoms with E-state index in [0.717, 1.165) is 29.6 Å². The molecule has 1 aliphatic heterocycles. The summed E-state index contributed by atoms with van der Waals surface area (Å²) in [5.41, 5.74) is 4.34. The molecule has 0 bridgehead atoms. The molecule has 0 saturated heterocycles. The van der Waals surface area contributed by atoms with Gasteiger partial charge in [-0.1, -0.05) is 48.5 Å². The van der Waals surface area contributed by atoms with Crippen LogP contribution in [0.3, 0.4) is 0 Å². The van der Waals surface area contributed by atoms with Gasteiger partial charge in [-0.2, -0.15) is 0 Å². The minimum Gasteiger partial charge on any atom is -0.334 e. The first-order chi connectivity index (χ1) is 11.8. The fourth-order valence-corrected chi connectivity index (χ4v) is 3.12. The number of carbonyl (C=O) groups is 1. The highest BCUT2D eigenvalue weighted by atomic mass is 16.2. The highest BCUT2D eigenvalue weighted by molar-refractivity contribution is 5.92. The third kappa shape index (κ3) is 2.93. The molecule has 0 spiro atoms. The SMILES string of the molecule is O=C(/C=C\c1ccc2ccccc2n1)N1CCc2ccccc2C1. The third-order valence-corrected chi connectivity index (χ3v) is 4.46. The average Bonchev–Trinajstić information content (AvgIpc) is 2.65. The number of amides is 1. The Balaban J connectivity index is 1.50. The van der Waals surface area contributed by atoms with Crippen LogP contribution in [-0.2, 0) is 17.8 Å². The van der Waals surface area contributed by atoms with Crippen molar-refractivity contribution in [1.82, 2.24) is 9.88 Å². The fourth-order valence-electron chi connectivity index (χ4n) is 3.12. The number of nitrogens with zero attached hydrogens (tertiary/aromatic N) is 2. The Labute approximate surface area is 141 Å². The zero-order valence-electron chi connectivity index (χ0n) is 13.4. The van der Waals surface area contributed by atoms with Gasteiger partial charge in [-0.05, 0) is 35.8 Å². The van der Waals surface area contributed by atoms with E-state index in [4.69, 9.17) is 0 Å². The molecule has 2 aromatic carbocycles. The minimum atomic E-state index is 0.0412. The summed E-state index contributed by atoms with van der Waals surface area (Å²) in [4.78, 5) is 18.9. The van der Waals surface area contributed by atoms with Crippen LogP contribution in [0.2, 0.25) is 0 Å². The lowest BCUT2D eigenvalue weighted by molar-refractivity contribution is -0.126. The second kappa shape index (κ2) is 6.28. The molecule has 0 saturated carbocycles. The molecular weight excluding hydrogens is 296 g/mol. The number of aromatic nitrogens is 1. The van der Waals surface area contributed by atoms with Crippen LogP contribution in [0.25, 0.3) is 17.0 Å². The average molecular weight is 314 g/mol. The van der Waals surface area contributed by atoms with Gasteiger partial charge in [0, 0.05) is 24.6 Å². The van der Waals surface area contributed by atoms with Crippen molar-refractivity contribution in [2.45, 2.75) is 13.0 Å². The summed E-state index contributed by atoms with van der Waals surface area (Å²) < 4.78 is 0. The Bertz CT molecular complexity index is 930. The maximum atomic E-state index is 12.5. The van der Waals surface area contributed by atoms with Gasteiger partial charge in [-0.25, -0.2) is 4.98 Å². The molecule has 0 fully saturated rings. The summed E-state index contributed by atoms with van der Waals surface area (Å²) in [5.74, 6) is 0.0412. The van der Waals surface area contributed by atoms with Gasteiger partial charge in [-0.3, -0.25) is 4.79 Å². The van der Waals surface area contributed by atoms with Crippen LogP contribution in [-0.4, -0.2) is 22.3 Å². The Morgan fingerprint density at radius 3 is 2.67 bits per heavy atom. The first kappa shape index (κ1) is 14.6. The molecule has 0 radical (unpaired) electrons. The lowest BCUT2D eigenvalue weighted by atomic mass is 10.00. The molecule has 0 atom stereocenters. The number of benzene rings is 2. The molecule has 0 unspecified atom stereocenters. The second-order valence-corrected chi connectivity index (χ2v) is 6.04. The topological polar surface area (TPSA) is 33.2 Å². The van der Waals surface area contributed by atoms with Crippen LogP contribution in [0.4, 0.5) is 0 Å². The van der Waals surface area contributed by atoms with Gasteiger partial charge in [0.25, 0.3) is 0 Å². The zero-order valence-corrected chi connectivity index (χ0v) is 13.4. The van der Waals surface area contributed by atoms with E-state index in [-0.39, 0.29) is 5.91 Å². The van der Waals surface area contributed by atoms with E-state index >= 15 is 0 Å². The van der Waals surface area contributed by atoms with E-state index in [2.05, 4.69) is 23.2 Å². The molecule has 3 heteroatoms. The Morgan fingerprint density at radius 1 is 0.958 bits per heavy atom. The van der Waals surface area contributed by atoms with Crippen LogP contribution >= 0.6 is 0 Å². The van der Waals surface area contributed by atoms with Crippen molar-refractivity contribution in [3.63, 3.8) is 0 Å². The number of hydrogen-bond acceptors (Lipinski definition) is 2. The number of para-hydroxylation sites is 1. The van der Waals surface area contributed by atoms with E-state index in [9.17, 15) is 4.79 Å². The Morgan fingerprint density at radius 2 is 1.75 bits per heavy atom. The van der Waals surface area contributed by atoms with Crippen LogP contribution in [0.1, 0.15) is 16.8 Å². The van der Waals surface area contributed by atoms with Crippen molar-refractivity contribution in [2.24, 2.45) is 0 Å². The molecule has 0 aliphatic carbocycles. The molecule has 1 amide bonds. The molecule has 24 heavy (non-hydrogen) atoms. The van der Waals surface area contributed by atoms with E-state index in [1.54, 1.807) is 12.2 Å². The van der Waals surface area contributed by atoms with Gasteiger partial charge in [0.05, 0.1) is 11.2 Å². The highest BCUT2D eigenvalue weighted by Gasteiger charge is 2.18. The number of pyridine rings is 1. The lowest BCUT2D eigenvalue weighted by Gasteiger charge is -2.27. The van der Waals surface area contributed by atoms with Gasteiger partial charge < -0.3 is 4.90 Å². The quantitative estimate of drug-likeness (QED) is 0.674. The fraction of sp³-hybridized carbons (Fsp3) is 0.143. The van der Waals surface area contributed by atoms with E-state index in [1.807, 2.05) is 47.4 Å². The van der Waals surface area contributed by atoms with Crippen molar-refractivity contribution < 1.29 is 4.79 Å². The third-order valence-electron chi connectivity index (χ3n) is 4.46. The molecule has 3 aromatic rings. The van der Waals surface area contributed by atoms with Crippen molar-refractivity contribution in [2.75, 3.05) is 6.54 Å². The molecule has 2 heterocycles. The normalized spacial score (nSPS) is 14.1. The first-order valence-electron chi connectivity index (χ1n) is 8.19. The van der Waals surface area contributed by atoms with Crippen LogP contribution in [0, 0.1) is 0 Å². The Hall–Kier alpha value is -2.94. The smallest absolute Gasteiger partial charge is 0.246 e. The van der Waals surface area contributed by atoms with Gasteiger partial charge >= 0.3 is 0 Å². The number of carbonyl (C=O) groups excluding carboxylic acids is 1. The van der Waals surface area contributed by atoms with Crippen LogP contribution in [0.15, 0.2) is 66.7 Å². The van der Waals surface area contributed by atoms with Crippen LogP contribution < -0.4 is 0 Å². The van der Waals surface area contributed by atoms with Crippen LogP contribution in [0.5, 0.6) is 0 Å². The van der Waals surface area contributed by atoms with E-state index < -0.39 is 0 Å². The van der Waals surface area contributed by atoms with Gasteiger partial charge in [0.2, 0.25) is 5.91 Å². The summed E-state index contributed by atoms with van der Waals surface area (Å²) in [5, 5.41) is 1.11. The number of fused-ring (bicyclic) bond motifs is 2.